The largest absolute Gasteiger partial charge is 0.411 e. The van der Waals surface area contributed by atoms with Gasteiger partial charge in [0.25, 0.3) is 5.22 Å². The van der Waals surface area contributed by atoms with Crippen molar-refractivity contribution in [2.75, 3.05) is 5.75 Å². The lowest BCUT2D eigenvalue weighted by Gasteiger charge is -2.00. The molecule has 0 atom stereocenters. The van der Waals surface area contributed by atoms with Gasteiger partial charge in [0, 0.05) is 17.7 Å². The van der Waals surface area contributed by atoms with E-state index in [0.717, 1.165) is 5.56 Å². The van der Waals surface area contributed by atoms with E-state index in [9.17, 15) is 4.79 Å². The van der Waals surface area contributed by atoms with Gasteiger partial charge in [0.15, 0.2) is 0 Å². The zero-order valence-corrected chi connectivity index (χ0v) is 11.7. The Kier molecular flexibility index (Phi) is 4.21. The molecule has 0 spiro atoms. The first-order chi connectivity index (χ1) is 9.06. The smallest absolute Gasteiger partial charge is 0.276 e. The number of nitrogens with zero attached hydrogens (tertiary/aromatic N) is 2. The molecule has 2 aromatic rings. The zero-order chi connectivity index (χ0) is 13.8. The van der Waals surface area contributed by atoms with Gasteiger partial charge in [0.1, 0.15) is 0 Å². The first-order valence-corrected chi connectivity index (χ1v) is 6.87. The Morgan fingerprint density at radius 3 is 2.79 bits per heavy atom. The van der Waals surface area contributed by atoms with Crippen molar-refractivity contribution >= 4 is 17.7 Å². The quantitative estimate of drug-likeness (QED) is 0.848. The third-order valence-electron chi connectivity index (χ3n) is 2.73. The minimum absolute atomic E-state index is 0.298. The third-order valence-corrected chi connectivity index (χ3v) is 3.55. The molecule has 0 aliphatic heterocycles. The molecule has 1 amide bonds. The van der Waals surface area contributed by atoms with Gasteiger partial charge < -0.3 is 10.2 Å². The topological polar surface area (TPSA) is 82.0 Å². The van der Waals surface area contributed by atoms with Crippen molar-refractivity contribution in [3.8, 4) is 11.5 Å². The van der Waals surface area contributed by atoms with Crippen molar-refractivity contribution in [2.45, 2.75) is 25.5 Å². The average Bonchev–Trinajstić information content (AvgIpc) is 2.81. The summed E-state index contributed by atoms with van der Waals surface area (Å²) in [5, 5.41) is 8.39. The number of thioether (sulfide) groups is 1. The second-order valence-electron chi connectivity index (χ2n) is 4.24. The van der Waals surface area contributed by atoms with Crippen LogP contribution in [0.25, 0.3) is 11.5 Å². The van der Waals surface area contributed by atoms with E-state index in [1.165, 1.54) is 22.9 Å². The Hall–Kier alpha value is -1.82. The maximum absolute atomic E-state index is 10.6. The summed E-state index contributed by atoms with van der Waals surface area (Å²) >= 11 is 1.33. The van der Waals surface area contributed by atoms with E-state index in [1.807, 2.05) is 25.1 Å². The van der Waals surface area contributed by atoms with Crippen LogP contribution in [0.15, 0.2) is 27.8 Å². The van der Waals surface area contributed by atoms with Crippen molar-refractivity contribution in [2.24, 2.45) is 5.73 Å². The van der Waals surface area contributed by atoms with E-state index in [2.05, 4.69) is 17.1 Å². The fraction of sp³-hybridized carbons (Fsp3) is 0.308. The monoisotopic (exact) mass is 277 g/mol. The highest BCUT2D eigenvalue weighted by Crippen LogP contribution is 2.24. The summed E-state index contributed by atoms with van der Waals surface area (Å²) in [5.74, 6) is 0.704. The normalized spacial score (nSPS) is 10.6. The van der Waals surface area contributed by atoms with Crippen LogP contribution >= 0.6 is 11.8 Å². The number of aromatic nitrogens is 2. The number of hydrogen-bond acceptors (Lipinski definition) is 5. The second kappa shape index (κ2) is 5.88. The molecular weight excluding hydrogens is 262 g/mol. The first kappa shape index (κ1) is 13.6. The summed E-state index contributed by atoms with van der Waals surface area (Å²) in [6.07, 6.45) is 0.298. The van der Waals surface area contributed by atoms with Crippen LogP contribution in [-0.4, -0.2) is 21.9 Å². The molecule has 1 aromatic heterocycles. The van der Waals surface area contributed by atoms with Gasteiger partial charge >= 0.3 is 0 Å². The zero-order valence-electron chi connectivity index (χ0n) is 10.8. The molecule has 0 fully saturated rings. The van der Waals surface area contributed by atoms with Gasteiger partial charge in [-0.15, -0.1) is 10.2 Å². The summed E-state index contributed by atoms with van der Waals surface area (Å²) in [4.78, 5) is 10.6. The van der Waals surface area contributed by atoms with E-state index in [-0.39, 0.29) is 5.91 Å². The van der Waals surface area contributed by atoms with Crippen LogP contribution in [0.4, 0.5) is 0 Å². The number of carbonyl (C=O) groups excluding carboxylic acids is 1. The number of benzene rings is 1. The molecule has 2 N–H and O–H groups in total. The summed E-state index contributed by atoms with van der Waals surface area (Å²) < 4.78 is 5.53. The number of aryl methyl sites for hydroxylation is 2. The highest BCUT2D eigenvalue weighted by Gasteiger charge is 2.10. The molecule has 0 radical (unpaired) electrons. The molecule has 2 rings (SSSR count). The van der Waals surface area contributed by atoms with Crippen molar-refractivity contribution in [1.82, 2.24) is 10.2 Å². The highest BCUT2D eigenvalue weighted by molar-refractivity contribution is 7.99. The Bertz CT molecular complexity index is 595. The van der Waals surface area contributed by atoms with Crippen molar-refractivity contribution in [1.29, 1.82) is 0 Å². The van der Waals surface area contributed by atoms with E-state index < -0.39 is 0 Å². The number of primary amides is 1. The molecule has 6 heteroatoms. The van der Waals surface area contributed by atoms with Gasteiger partial charge in [-0.25, -0.2) is 0 Å². The van der Waals surface area contributed by atoms with E-state index in [4.69, 9.17) is 10.2 Å². The number of rotatable bonds is 5. The number of nitrogens with two attached hydrogens (primary N) is 1. The van der Waals surface area contributed by atoms with E-state index in [1.54, 1.807) is 0 Å². The lowest BCUT2D eigenvalue weighted by atomic mass is 10.1. The number of carbonyl (C=O) groups is 1. The SMILES string of the molecule is Cc1ccc(-c2nnc(SCCC(N)=O)o2)cc1C. The average molecular weight is 277 g/mol. The van der Waals surface area contributed by atoms with Crippen molar-refractivity contribution in [3.05, 3.63) is 29.3 Å². The molecule has 19 heavy (non-hydrogen) atoms. The summed E-state index contributed by atoms with van der Waals surface area (Å²) in [6, 6.07) is 5.99. The molecule has 1 heterocycles. The molecule has 0 saturated carbocycles. The maximum atomic E-state index is 10.6. The van der Waals surface area contributed by atoms with Crippen LogP contribution < -0.4 is 5.73 Å². The Morgan fingerprint density at radius 2 is 2.11 bits per heavy atom. The van der Waals surface area contributed by atoms with Gasteiger partial charge in [0.2, 0.25) is 11.8 Å². The summed E-state index contributed by atoms with van der Waals surface area (Å²) in [7, 11) is 0. The predicted octanol–water partition coefficient (Wildman–Crippen LogP) is 2.32. The van der Waals surface area contributed by atoms with Gasteiger partial charge in [-0.2, -0.15) is 0 Å². The number of hydrogen-bond donors (Lipinski definition) is 1. The Labute approximate surface area is 115 Å². The fourth-order valence-electron chi connectivity index (χ4n) is 1.50. The standard InChI is InChI=1S/C13H15N3O2S/c1-8-3-4-10(7-9(8)2)12-15-16-13(18-12)19-6-5-11(14)17/h3-4,7H,5-6H2,1-2H3,(H2,14,17). The molecule has 1 aromatic carbocycles. The molecule has 0 aliphatic carbocycles. The van der Waals surface area contributed by atoms with Crippen LogP contribution in [0.2, 0.25) is 0 Å². The Morgan fingerprint density at radius 1 is 1.32 bits per heavy atom. The van der Waals surface area contributed by atoms with Crippen LogP contribution in [0.1, 0.15) is 17.5 Å². The molecule has 100 valence electrons. The maximum Gasteiger partial charge on any atom is 0.276 e. The molecule has 5 nitrogen and oxygen atoms in total. The van der Waals surface area contributed by atoms with Gasteiger partial charge in [-0.1, -0.05) is 17.8 Å². The lowest BCUT2D eigenvalue weighted by molar-refractivity contribution is -0.117. The van der Waals surface area contributed by atoms with E-state index in [0.29, 0.717) is 23.3 Å². The van der Waals surface area contributed by atoms with Gasteiger partial charge in [0.05, 0.1) is 0 Å². The van der Waals surface area contributed by atoms with Crippen molar-refractivity contribution < 1.29 is 9.21 Å². The van der Waals surface area contributed by atoms with Crippen LogP contribution in [0.3, 0.4) is 0 Å². The molecule has 0 saturated heterocycles. The molecule has 0 bridgehead atoms. The minimum atomic E-state index is -0.332. The van der Waals surface area contributed by atoms with Crippen LogP contribution in [0.5, 0.6) is 0 Å². The molecule has 0 unspecified atom stereocenters. The van der Waals surface area contributed by atoms with Gasteiger partial charge in [-0.05, 0) is 37.1 Å². The highest BCUT2D eigenvalue weighted by atomic mass is 32.2. The van der Waals surface area contributed by atoms with E-state index >= 15 is 0 Å². The van der Waals surface area contributed by atoms with Crippen molar-refractivity contribution in [3.63, 3.8) is 0 Å². The molecule has 0 aliphatic rings. The fourth-order valence-corrected chi connectivity index (χ4v) is 2.21. The van der Waals surface area contributed by atoms with Crippen LogP contribution in [0, 0.1) is 13.8 Å². The minimum Gasteiger partial charge on any atom is -0.411 e. The lowest BCUT2D eigenvalue weighted by Crippen LogP contribution is -2.10. The Balaban J connectivity index is 2.07. The third kappa shape index (κ3) is 3.57. The molecular formula is C13H15N3O2S. The summed E-state index contributed by atoms with van der Waals surface area (Å²) in [6.45, 7) is 4.09. The second-order valence-corrected chi connectivity index (χ2v) is 5.28. The van der Waals surface area contributed by atoms with Crippen LogP contribution in [-0.2, 0) is 4.79 Å². The summed E-state index contributed by atoms with van der Waals surface area (Å²) in [5.41, 5.74) is 8.37. The predicted molar refractivity (Wildman–Crippen MR) is 73.7 cm³/mol. The number of amides is 1. The first-order valence-electron chi connectivity index (χ1n) is 5.88. The van der Waals surface area contributed by atoms with Gasteiger partial charge in [-0.3, -0.25) is 4.79 Å².